The van der Waals surface area contributed by atoms with Crippen LogP contribution in [0.3, 0.4) is 0 Å². The molecule has 4 nitrogen and oxygen atoms in total. The second-order valence-corrected chi connectivity index (χ2v) is 5.84. The van der Waals surface area contributed by atoms with Gasteiger partial charge in [0.15, 0.2) is 0 Å². The number of nitrogens with zero attached hydrogens (tertiary/aromatic N) is 1. The molecule has 2 aromatic rings. The molecule has 1 heterocycles. The van der Waals surface area contributed by atoms with Gasteiger partial charge in [-0.1, -0.05) is 24.3 Å². The lowest BCUT2D eigenvalue weighted by atomic mass is 9.80. The Kier molecular flexibility index (Phi) is 3.55. The minimum atomic E-state index is -1.29. The van der Waals surface area contributed by atoms with Crippen molar-refractivity contribution in [3.63, 3.8) is 0 Å². The maximum atomic E-state index is 12.3. The van der Waals surface area contributed by atoms with Crippen LogP contribution in [-0.4, -0.2) is 21.2 Å². The Labute approximate surface area is 124 Å². The summed E-state index contributed by atoms with van der Waals surface area (Å²) >= 11 is 0. The summed E-state index contributed by atoms with van der Waals surface area (Å²) in [6, 6.07) is 9.96. The molecule has 1 aromatic heterocycles. The molecular weight excluding hydrogens is 264 g/mol. The molecular formula is C17H20N2O2. The molecule has 21 heavy (non-hydrogen) atoms. The molecule has 110 valence electrons. The van der Waals surface area contributed by atoms with E-state index in [0.717, 1.165) is 17.5 Å². The van der Waals surface area contributed by atoms with Gasteiger partial charge in [-0.25, -0.2) is 0 Å². The third-order valence-corrected chi connectivity index (χ3v) is 4.18. The van der Waals surface area contributed by atoms with Gasteiger partial charge in [0.05, 0.1) is 0 Å². The molecule has 0 spiro atoms. The van der Waals surface area contributed by atoms with Gasteiger partial charge >= 0.3 is 0 Å². The highest BCUT2D eigenvalue weighted by molar-refractivity contribution is 5.85. The number of aromatic nitrogens is 1. The number of benzene rings is 1. The Bertz CT molecular complexity index is 662. The van der Waals surface area contributed by atoms with Crippen molar-refractivity contribution < 1.29 is 9.90 Å². The molecule has 0 fully saturated rings. The van der Waals surface area contributed by atoms with Crippen LogP contribution in [0.2, 0.25) is 0 Å². The predicted molar refractivity (Wildman–Crippen MR) is 80.7 cm³/mol. The highest BCUT2D eigenvalue weighted by Gasteiger charge is 2.38. The van der Waals surface area contributed by atoms with E-state index in [0.29, 0.717) is 19.4 Å². The van der Waals surface area contributed by atoms with E-state index in [1.807, 2.05) is 48.3 Å². The van der Waals surface area contributed by atoms with Gasteiger partial charge in [0, 0.05) is 32.4 Å². The summed E-state index contributed by atoms with van der Waals surface area (Å²) in [7, 11) is 1.94. The molecule has 1 aliphatic carbocycles. The topological polar surface area (TPSA) is 54.3 Å². The van der Waals surface area contributed by atoms with Gasteiger partial charge in [0.25, 0.3) is 5.91 Å². The molecule has 4 heteroatoms. The average Bonchev–Trinajstić information content (AvgIpc) is 2.90. The van der Waals surface area contributed by atoms with Gasteiger partial charge < -0.3 is 15.0 Å². The highest BCUT2D eigenvalue weighted by atomic mass is 16.3. The minimum Gasteiger partial charge on any atom is -0.380 e. The van der Waals surface area contributed by atoms with Crippen LogP contribution in [0, 0.1) is 0 Å². The monoisotopic (exact) mass is 284 g/mol. The zero-order valence-electron chi connectivity index (χ0n) is 12.2. The summed E-state index contributed by atoms with van der Waals surface area (Å²) in [6.45, 7) is 0.448. The number of amides is 1. The number of fused-ring (bicyclic) bond motifs is 1. The fourth-order valence-corrected chi connectivity index (χ4v) is 2.92. The van der Waals surface area contributed by atoms with Crippen molar-refractivity contribution in [3.05, 3.63) is 59.4 Å². The van der Waals surface area contributed by atoms with Gasteiger partial charge in [-0.15, -0.1) is 0 Å². The van der Waals surface area contributed by atoms with E-state index in [1.54, 1.807) is 0 Å². The standard InChI is InChI=1S/C17H20N2O2/c1-19-9-7-13(12-19)11-18-16(20)17(21)8-6-14-4-2-3-5-15(14)10-17/h2-5,7,9,12,21H,6,8,10-11H2,1H3,(H,18,20). The second kappa shape index (κ2) is 5.37. The first kappa shape index (κ1) is 13.9. The van der Waals surface area contributed by atoms with Gasteiger partial charge in [-0.05, 0) is 35.6 Å². The number of aliphatic hydroxyl groups is 1. The first-order valence-electron chi connectivity index (χ1n) is 7.25. The van der Waals surface area contributed by atoms with Crippen LogP contribution in [-0.2, 0) is 31.2 Å². The van der Waals surface area contributed by atoms with E-state index in [4.69, 9.17) is 0 Å². The van der Waals surface area contributed by atoms with E-state index in [9.17, 15) is 9.90 Å². The summed E-state index contributed by atoms with van der Waals surface area (Å²) in [5, 5.41) is 13.5. The van der Waals surface area contributed by atoms with E-state index < -0.39 is 5.60 Å². The number of hydrogen-bond donors (Lipinski definition) is 2. The smallest absolute Gasteiger partial charge is 0.252 e. The molecule has 1 unspecified atom stereocenters. The molecule has 1 atom stereocenters. The molecule has 0 aliphatic heterocycles. The fourth-order valence-electron chi connectivity index (χ4n) is 2.92. The van der Waals surface area contributed by atoms with Crippen LogP contribution in [0.5, 0.6) is 0 Å². The van der Waals surface area contributed by atoms with Crippen LogP contribution in [0.25, 0.3) is 0 Å². The number of rotatable bonds is 3. The van der Waals surface area contributed by atoms with Gasteiger partial charge in [0.2, 0.25) is 0 Å². The van der Waals surface area contributed by atoms with E-state index in [2.05, 4.69) is 11.4 Å². The molecule has 2 N–H and O–H groups in total. The summed E-state index contributed by atoms with van der Waals surface area (Å²) in [6.07, 6.45) is 5.51. The second-order valence-electron chi connectivity index (χ2n) is 5.84. The molecule has 1 amide bonds. The predicted octanol–water partition coefficient (Wildman–Crippen LogP) is 1.56. The third kappa shape index (κ3) is 2.85. The van der Waals surface area contributed by atoms with Crippen molar-refractivity contribution in [1.82, 2.24) is 9.88 Å². The van der Waals surface area contributed by atoms with Gasteiger partial charge in [0.1, 0.15) is 5.60 Å². The van der Waals surface area contributed by atoms with Crippen molar-refractivity contribution in [2.45, 2.75) is 31.4 Å². The molecule has 0 saturated carbocycles. The van der Waals surface area contributed by atoms with E-state index in [1.165, 1.54) is 5.56 Å². The number of carbonyl (C=O) groups is 1. The van der Waals surface area contributed by atoms with Crippen molar-refractivity contribution in [3.8, 4) is 0 Å². The molecule has 0 bridgehead atoms. The Balaban J connectivity index is 1.67. The summed E-state index contributed by atoms with van der Waals surface area (Å²) in [5.41, 5.74) is 2.05. The van der Waals surface area contributed by atoms with Crippen molar-refractivity contribution in [2.75, 3.05) is 0 Å². The SMILES string of the molecule is Cn1ccc(CNC(=O)C2(O)CCc3ccccc3C2)c1. The highest BCUT2D eigenvalue weighted by Crippen LogP contribution is 2.28. The fraction of sp³-hybridized carbons (Fsp3) is 0.353. The van der Waals surface area contributed by atoms with Crippen LogP contribution < -0.4 is 5.32 Å². The number of nitrogens with one attached hydrogen (secondary N) is 1. The quantitative estimate of drug-likeness (QED) is 0.899. The molecule has 3 rings (SSSR count). The van der Waals surface area contributed by atoms with Gasteiger partial charge in [-0.3, -0.25) is 4.79 Å². The first-order valence-corrected chi connectivity index (χ1v) is 7.25. The number of aryl methyl sites for hydroxylation is 2. The first-order chi connectivity index (χ1) is 10.1. The normalized spacial score (nSPS) is 20.9. The largest absolute Gasteiger partial charge is 0.380 e. The van der Waals surface area contributed by atoms with Crippen molar-refractivity contribution >= 4 is 5.91 Å². The van der Waals surface area contributed by atoms with Gasteiger partial charge in [-0.2, -0.15) is 0 Å². The lowest BCUT2D eigenvalue weighted by molar-refractivity contribution is -0.141. The van der Waals surface area contributed by atoms with E-state index in [-0.39, 0.29) is 5.91 Å². The zero-order valence-corrected chi connectivity index (χ0v) is 12.2. The summed E-state index contributed by atoms with van der Waals surface area (Å²) < 4.78 is 1.94. The van der Waals surface area contributed by atoms with E-state index >= 15 is 0 Å². The van der Waals surface area contributed by atoms with Crippen LogP contribution in [0.1, 0.15) is 23.1 Å². The number of carbonyl (C=O) groups excluding carboxylic acids is 1. The van der Waals surface area contributed by atoms with Crippen molar-refractivity contribution in [1.29, 1.82) is 0 Å². The Morgan fingerprint density at radius 3 is 2.81 bits per heavy atom. The molecule has 1 aliphatic rings. The van der Waals surface area contributed by atoms with Crippen molar-refractivity contribution in [2.24, 2.45) is 7.05 Å². The maximum Gasteiger partial charge on any atom is 0.252 e. The third-order valence-electron chi connectivity index (χ3n) is 4.18. The Morgan fingerprint density at radius 2 is 2.10 bits per heavy atom. The molecule has 0 radical (unpaired) electrons. The lowest BCUT2D eigenvalue weighted by Crippen LogP contribution is -2.50. The number of hydrogen-bond acceptors (Lipinski definition) is 2. The Morgan fingerprint density at radius 1 is 1.33 bits per heavy atom. The molecule has 0 saturated heterocycles. The van der Waals surface area contributed by atoms with Crippen LogP contribution >= 0.6 is 0 Å². The lowest BCUT2D eigenvalue weighted by Gasteiger charge is -2.32. The summed E-state index contributed by atoms with van der Waals surface area (Å²) in [5.74, 6) is -0.277. The zero-order chi connectivity index (χ0) is 14.9. The molecule has 1 aromatic carbocycles. The minimum absolute atomic E-state index is 0.277. The maximum absolute atomic E-state index is 12.3. The Hall–Kier alpha value is -2.07. The summed E-state index contributed by atoms with van der Waals surface area (Å²) in [4.78, 5) is 12.3. The van der Waals surface area contributed by atoms with Crippen LogP contribution in [0.4, 0.5) is 0 Å². The average molecular weight is 284 g/mol. The van der Waals surface area contributed by atoms with Crippen LogP contribution in [0.15, 0.2) is 42.7 Å².